The van der Waals surface area contributed by atoms with Crippen molar-refractivity contribution in [3.63, 3.8) is 0 Å². The molecule has 4 nitrogen and oxygen atoms in total. The lowest BCUT2D eigenvalue weighted by atomic mass is 9.44. The first-order valence-corrected chi connectivity index (χ1v) is 14.2. The van der Waals surface area contributed by atoms with Crippen molar-refractivity contribution in [1.29, 1.82) is 0 Å². The number of aliphatic hydroxyl groups is 1. The van der Waals surface area contributed by atoms with Crippen molar-refractivity contribution >= 4 is 5.97 Å². The smallest absolute Gasteiger partial charge is 0.302 e. The number of ether oxygens (including phenoxy) is 2. The summed E-state index contributed by atoms with van der Waals surface area (Å²) in [5, 5.41) is 10.5. The van der Waals surface area contributed by atoms with E-state index >= 15 is 0 Å². The SMILES string of the molecule is C=C(CC[C@@H](C)[C@H]1CC[C@H]2[C@@H]3C[C@H]4O[C@]45C[C@@H](O)CC[C@]5(COC(C)=O)[C@H]3CC[C@]12C)C(C)C. The quantitative estimate of drug-likeness (QED) is 0.268. The van der Waals surface area contributed by atoms with Crippen molar-refractivity contribution < 1.29 is 19.4 Å². The molecule has 1 aliphatic heterocycles. The summed E-state index contributed by atoms with van der Waals surface area (Å²) < 4.78 is 12.3. The van der Waals surface area contributed by atoms with Gasteiger partial charge < -0.3 is 14.6 Å². The van der Waals surface area contributed by atoms with Gasteiger partial charge in [0.2, 0.25) is 0 Å². The van der Waals surface area contributed by atoms with E-state index in [0.29, 0.717) is 29.8 Å². The van der Waals surface area contributed by atoms with Gasteiger partial charge in [0.05, 0.1) is 12.2 Å². The average Bonchev–Trinajstić information content (AvgIpc) is 3.35. The minimum atomic E-state index is -0.279. The Bertz CT molecular complexity index is 821. The fourth-order valence-electron chi connectivity index (χ4n) is 9.83. The molecule has 0 amide bonds. The molecule has 5 aliphatic rings. The van der Waals surface area contributed by atoms with Gasteiger partial charge in [-0.15, -0.1) is 0 Å². The van der Waals surface area contributed by atoms with Crippen LogP contribution in [0.4, 0.5) is 0 Å². The summed E-state index contributed by atoms with van der Waals surface area (Å²) in [6.45, 7) is 16.0. The maximum Gasteiger partial charge on any atom is 0.302 e. The van der Waals surface area contributed by atoms with Crippen LogP contribution < -0.4 is 0 Å². The molecule has 1 saturated heterocycles. The van der Waals surface area contributed by atoms with Crippen molar-refractivity contribution in [1.82, 2.24) is 0 Å². The highest BCUT2D eigenvalue weighted by atomic mass is 16.6. The molecule has 192 valence electrons. The Kier molecular flexibility index (Phi) is 6.28. The molecule has 0 aromatic carbocycles. The standard InChI is InChI=1S/C30H48O4/c1-18(2)19(3)7-8-20(4)24-9-10-25-23-15-27-30(34-27)16-22(32)11-14-29(30,17-33-21(5)31)26(23)12-13-28(24,25)6/h18,20,22-27,32H,3,7-17H2,1-2,4-6H3/t20-,22+,23+,24-,25+,26+,27-,28-,29+,30-/m1/s1. The third-order valence-corrected chi connectivity index (χ3v) is 11.8. The maximum absolute atomic E-state index is 11.9. The molecule has 1 heterocycles. The van der Waals surface area contributed by atoms with Gasteiger partial charge in [-0.2, -0.15) is 0 Å². The second-order valence-corrected chi connectivity index (χ2v) is 13.5. The molecule has 1 spiro atoms. The molecule has 4 heteroatoms. The third kappa shape index (κ3) is 3.64. The Balaban J connectivity index is 1.37. The molecule has 10 atom stereocenters. The van der Waals surface area contributed by atoms with Gasteiger partial charge in [0, 0.05) is 18.8 Å². The van der Waals surface area contributed by atoms with Crippen LogP contribution in [0.2, 0.25) is 0 Å². The summed E-state index contributed by atoms with van der Waals surface area (Å²) in [5.41, 5.74) is 1.45. The van der Waals surface area contributed by atoms with Gasteiger partial charge in [0.1, 0.15) is 12.2 Å². The minimum absolute atomic E-state index is 0.106. The average molecular weight is 473 g/mol. The second-order valence-electron chi connectivity index (χ2n) is 13.5. The van der Waals surface area contributed by atoms with Crippen LogP contribution >= 0.6 is 0 Å². The fourth-order valence-corrected chi connectivity index (χ4v) is 9.83. The van der Waals surface area contributed by atoms with Crippen LogP contribution in [0, 0.1) is 46.3 Å². The van der Waals surface area contributed by atoms with Gasteiger partial charge >= 0.3 is 5.97 Å². The zero-order valence-electron chi connectivity index (χ0n) is 22.3. The van der Waals surface area contributed by atoms with Crippen molar-refractivity contribution in [3.05, 3.63) is 12.2 Å². The van der Waals surface area contributed by atoms with Crippen molar-refractivity contribution in [2.24, 2.45) is 46.3 Å². The monoisotopic (exact) mass is 472 g/mol. The van der Waals surface area contributed by atoms with Gasteiger partial charge in [-0.05, 0) is 98.7 Å². The Hall–Kier alpha value is -0.870. The van der Waals surface area contributed by atoms with Crippen LogP contribution in [0.15, 0.2) is 12.2 Å². The zero-order valence-corrected chi connectivity index (χ0v) is 22.3. The van der Waals surface area contributed by atoms with Gasteiger partial charge in [0.25, 0.3) is 0 Å². The number of fused-ring (bicyclic) bond motifs is 4. The van der Waals surface area contributed by atoms with Crippen LogP contribution in [-0.2, 0) is 14.3 Å². The predicted molar refractivity (Wildman–Crippen MR) is 134 cm³/mol. The van der Waals surface area contributed by atoms with Gasteiger partial charge in [-0.25, -0.2) is 0 Å². The normalized spacial score (nSPS) is 47.7. The van der Waals surface area contributed by atoms with Gasteiger partial charge in [-0.1, -0.05) is 39.8 Å². The van der Waals surface area contributed by atoms with Crippen LogP contribution in [0.3, 0.4) is 0 Å². The molecule has 0 bridgehead atoms. The minimum Gasteiger partial charge on any atom is -0.465 e. The van der Waals surface area contributed by atoms with E-state index in [4.69, 9.17) is 9.47 Å². The number of carbonyl (C=O) groups is 1. The molecule has 5 fully saturated rings. The molecule has 0 aromatic rings. The van der Waals surface area contributed by atoms with E-state index in [2.05, 4.69) is 34.3 Å². The van der Waals surface area contributed by atoms with Crippen molar-refractivity contribution in [2.45, 2.75) is 117 Å². The molecular weight excluding hydrogens is 424 g/mol. The molecule has 0 radical (unpaired) electrons. The first-order chi connectivity index (χ1) is 16.0. The van der Waals surface area contributed by atoms with Crippen LogP contribution in [0.25, 0.3) is 0 Å². The number of allylic oxidation sites excluding steroid dienone is 1. The lowest BCUT2D eigenvalue weighted by Gasteiger charge is -2.60. The topological polar surface area (TPSA) is 59.1 Å². The van der Waals surface area contributed by atoms with E-state index in [1.54, 1.807) is 0 Å². The summed E-state index contributed by atoms with van der Waals surface area (Å²) in [7, 11) is 0. The molecule has 4 aliphatic carbocycles. The van der Waals surface area contributed by atoms with Gasteiger partial charge in [-0.3, -0.25) is 4.79 Å². The van der Waals surface area contributed by atoms with E-state index in [-0.39, 0.29) is 29.2 Å². The summed E-state index contributed by atoms with van der Waals surface area (Å²) >= 11 is 0. The van der Waals surface area contributed by atoms with E-state index < -0.39 is 0 Å². The van der Waals surface area contributed by atoms with Gasteiger partial charge in [0.15, 0.2) is 0 Å². The largest absolute Gasteiger partial charge is 0.465 e. The number of aliphatic hydroxyl groups excluding tert-OH is 1. The van der Waals surface area contributed by atoms with Crippen LogP contribution in [-0.4, -0.2) is 35.5 Å². The van der Waals surface area contributed by atoms with E-state index in [0.717, 1.165) is 49.9 Å². The second kappa shape index (κ2) is 8.61. The molecule has 1 N–H and O–H groups in total. The first kappa shape index (κ1) is 24.8. The molecule has 4 saturated carbocycles. The lowest BCUT2D eigenvalue weighted by molar-refractivity contribution is -0.169. The Morgan fingerprint density at radius 1 is 1.15 bits per heavy atom. The summed E-state index contributed by atoms with van der Waals surface area (Å²) in [4.78, 5) is 11.9. The van der Waals surface area contributed by atoms with Crippen molar-refractivity contribution in [3.8, 4) is 0 Å². The number of epoxide rings is 1. The number of carbonyl (C=O) groups excluding carboxylic acids is 1. The van der Waals surface area contributed by atoms with Crippen molar-refractivity contribution in [2.75, 3.05) is 6.61 Å². The molecule has 0 aromatic heterocycles. The predicted octanol–water partition coefficient (Wildman–Crippen LogP) is 6.31. The van der Waals surface area contributed by atoms with E-state index in [1.807, 2.05) is 0 Å². The first-order valence-electron chi connectivity index (χ1n) is 14.2. The number of hydrogen-bond acceptors (Lipinski definition) is 4. The highest BCUT2D eigenvalue weighted by Crippen LogP contribution is 2.74. The van der Waals surface area contributed by atoms with E-state index in [9.17, 15) is 9.90 Å². The van der Waals surface area contributed by atoms with Crippen LogP contribution in [0.1, 0.15) is 98.8 Å². The highest BCUT2D eigenvalue weighted by molar-refractivity contribution is 5.66. The molecule has 0 unspecified atom stereocenters. The number of rotatable bonds is 7. The Labute approximate surface area is 207 Å². The fraction of sp³-hybridized carbons (Fsp3) is 0.900. The zero-order chi connectivity index (χ0) is 24.5. The maximum atomic E-state index is 11.9. The summed E-state index contributed by atoms with van der Waals surface area (Å²) in [5.74, 6) is 3.88. The molecular formula is C30H48O4. The number of hydrogen-bond donors (Lipinski definition) is 1. The van der Waals surface area contributed by atoms with E-state index in [1.165, 1.54) is 44.6 Å². The van der Waals surface area contributed by atoms with Crippen LogP contribution in [0.5, 0.6) is 0 Å². The lowest BCUT2D eigenvalue weighted by Crippen LogP contribution is -2.61. The summed E-state index contributed by atoms with van der Waals surface area (Å²) in [6.07, 6.45) is 11.2. The molecule has 5 rings (SSSR count). The third-order valence-electron chi connectivity index (χ3n) is 11.8. The number of esters is 1. The molecule has 34 heavy (non-hydrogen) atoms. The Morgan fingerprint density at radius 2 is 1.91 bits per heavy atom. The Morgan fingerprint density at radius 3 is 2.62 bits per heavy atom. The highest BCUT2D eigenvalue weighted by Gasteiger charge is 2.78. The summed E-state index contributed by atoms with van der Waals surface area (Å²) in [6, 6.07) is 0.